The van der Waals surface area contributed by atoms with Crippen LogP contribution in [-0.2, 0) is 34.2 Å². The van der Waals surface area contributed by atoms with Crippen LogP contribution in [0.25, 0.3) is 11.0 Å². The molecule has 0 bridgehead atoms. The number of hydrogen-bond acceptors (Lipinski definition) is 6. The van der Waals surface area contributed by atoms with Crippen LogP contribution in [0.15, 0.2) is 50.5 Å². The minimum atomic E-state index is -3.69. The molecule has 2 aromatic carbocycles. The maximum Gasteiger partial charge on any atom is 0.338 e. The van der Waals surface area contributed by atoms with E-state index < -0.39 is 21.6 Å². The minimum absolute atomic E-state index is 0.0106. The molecule has 0 spiro atoms. The third-order valence-corrected chi connectivity index (χ3v) is 7.42. The average molecular weight is 442 g/mol. The second-order valence-electron chi connectivity index (χ2n) is 7.90. The number of fused-ring (bicyclic) bond motifs is 2. The van der Waals surface area contributed by atoms with Gasteiger partial charge >= 0.3 is 11.6 Å². The van der Waals surface area contributed by atoms with Crippen LogP contribution in [0.5, 0.6) is 0 Å². The van der Waals surface area contributed by atoms with Crippen LogP contribution < -0.4 is 5.63 Å². The molecule has 0 fully saturated rings. The lowest BCUT2D eigenvalue weighted by molar-refractivity contribution is 0.0472. The Labute approximate surface area is 180 Å². The van der Waals surface area contributed by atoms with E-state index in [1.165, 1.54) is 43.4 Å². The Morgan fingerprint density at radius 2 is 1.81 bits per heavy atom. The predicted octanol–water partition coefficient (Wildman–Crippen LogP) is 3.20. The van der Waals surface area contributed by atoms with Crippen molar-refractivity contribution in [2.24, 2.45) is 0 Å². The molecular weight excluding hydrogens is 418 g/mol. The van der Waals surface area contributed by atoms with Crippen molar-refractivity contribution in [3.63, 3.8) is 0 Å². The summed E-state index contributed by atoms with van der Waals surface area (Å²) in [6.45, 7) is 1.59. The first-order valence-corrected chi connectivity index (χ1v) is 11.4. The number of carbonyl (C=O) groups is 1. The first kappa shape index (κ1) is 21.3. The second kappa shape index (κ2) is 7.94. The lowest BCUT2D eigenvalue weighted by Gasteiger charge is -2.14. The fraction of sp³-hybridized carbons (Fsp3) is 0.304. The summed E-state index contributed by atoms with van der Waals surface area (Å²) in [4.78, 5) is 24.8. The molecule has 0 aliphatic heterocycles. The zero-order chi connectivity index (χ0) is 22.3. The van der Waals surface area contributed by atoms with Gasteiger partial charge in [-0.05, 0) is 67.1 Å². The number of aryl methyl sites for hydroxylation is 3. The van der Waals surface area contributed by atoms with E-state index in [1.54, 1.807) is 13.0 Å². The van der Waals surface area contributed by atoms with E-state index in [0.717, 1.165) is 29.0 Å². The van der Waals surface area contributed by atoms with Crippen LogP contribution in [0.1, 0.15) is 39.0 Å². The van der Waals surface area contributed by atoms with Gasteiger partial charge in [-0.15, -0.1) is 0 Å². The van der Waals surface area contributed by atoms with Gasteiger partial charge in [0.15, 0.2) is 0 Å². The molecule has 7 nitrogen and oxygen atoms in total. The molecule has 162 valence electrons. The van der Waals surface area contributed by atoms with Crippen molar-refractivity contribution in [3.8, 4) is 0 Å². The highest BCUT2D eigenvalue weighted by Crippen LogP contribution is 2.29. The van der Waals surface area contributed by atoms with Gasteiger partial charge in [0, 0.05) is 31.1 Å². The van der Waals surface area contributed by atoms with Crippen molar-refractivity contribution >= 4 is 27.0 Å². The smallest absolute Gasteiger partial charge is 0.338 e. The van der Waals surface area contributed by atoms with Gasteiger partial charge in [-0.1, -0.05) is 6.07 Å². The van der Waals surface area contributed by atoms with Crippen molar-refractivity contribution < 1.29 is 22.4 Å². The van der Waals surface area contributed by atoms with Crippen molar-refractivity contribution in [3.05, 3.63) is 74.6 Å². The molecule has 0 saturated heterocycles. The van der Waals surface area contributed by atoms with Crippen molar-refractivity contribution in [1.82, 2.24) is 4.31 Å². The van der Waals surface area contributed by atoms with Gasteiger partial charge in [-0.25, -0.2) is 22.3 Å². The van der Waals surface area contributed by atoms with Gasteiger partial charge in [0.2, 0.25) is 10.0 Å². The van der Waals surface area contributed by atoms with E-state index >= 15 is 0 Å². The summed E-state index contributed by atoms with van der Waals surface area (Å²) in [6.07, 6.45) is 2.99. The molecule has 1 aliphatic carbocycles. The molecule has 8 heteroatoms. The monoisotopic (exact) mass is 441 g/mol. The molecule has 3 aromatic rings. The van der Waals surface area contributed by atoms with E-state index in [1.807, 2.05) is 12.1 Å². The van der Waals surface area contributed by atoms with Crippen LogP contribution in [0.2, 0.25) is 0 Å². The topological polar surface area (TPSA) is 93.9 Å². The second-order valence-corrected chi connectivity index (χ2v) is 10.1. The highest BCUT2D eigenvalue weighted by Gasteiger charge is 2.21. The molecule has 0 atom stereocenters. The summed E-state index contributed by atoms with van der Waals surface area (Å²) in [5, 5.41) is 0.744. The van der Waals surface area contributed by atoms with E-state index in [-0.39, 0.29) is 17.1 Å². The molecule has 0 radical (unpaired) electrons. The normalized spacial score (nSPS) is 13.5. The fourth-order valence-corrected chi connectivity index (χ4v) is 4.76. The summed E-state index contributed by atoms with van der Waals surface area (Å²) in [6, 6.07) is 9.57. The molecule has 4 rings (SSSR count). The van der Waals surface area contributed by atoms with Crippen LogP contribution in [-0.4, -0.2) is 32.8 Å². The van der Waals surface area contributed by atoms with E-state index in [9.17, 15) is 18.0 Å². The number of carbonyl (C=O) groups excluding carboxylic acids is 1. The predicted molar refractivity (Wildman–Crippen MR) is 116 cm³/mol. The highest BCUT2D eigenvalue weighted by atomic mass is 32.2. The molecule has 31 heavy (non-hydrogen) atoms. The molecule has 0 amide bonds. The molecule has 1 aliphatic rings. The van der Waals surface area contributed by atoms with Gasteiger partial charge in [-0.2, -0.15) is 0 Å². The minimum Gasteiger partial charge on any atom is -0.457 e. The first-order chi connectivity index (χ1) is 14.7. The fourth-order valence-electron chi connectivity index (χ4n) is 3.83. The molecular formula is C23H23NO6S. The van der Waals surface area contributed by atoms with Crippen LogP contribution in [0, 0.1) is 6.92 Å². The maximum absolute atomic E-state index is 12.8. The van der Waals surface area contributed by atoms with Crippen LogP contribution in [0.3, 0.4) is 0 Å². The molecule has 0 N–H and O–H groups in total. The maximum atomic E-state index is 12.8. The third-order valence-electron chi connectivity index (χ3n) is 5.61. The number of nitrogens with zero attached hydrogens (tertiary/aromatic N) is 1. The Bertz CT molecular complexity index is 1350. The van der Waals surface area contributed by atoms with Gasteiger partial charge in [0.05, 0.1) is 10.5 Å². The van der Waals surface area contributed by atoms with E-state index in [2.05, 4.69) is 0 Å². The third kappa shape index (κ3) is 4.00. The Kier molecular flexibility index (Phi) is 5.45. The van der Waals surface area contributed by atoms with E-state index in [0.29, 0.717) is 16.7 Å². The number of esters is 1. The summed E-state index contributed by atoms with van der Waals surface area (Å²) >= 11 is 0. The number of sulfonamides is 1. The Morgan fingerprint density at radius 1 is 1.10 bits per heavy atom. The summed E-state index contributed by atoms with van der Waals surface area (Å²) in [5.41, 5.74) is 3.69. The molecule has 1 aromatic heterocycles. The quantitative estimate of drug-likeness (QED) is 0.446. The standard InChI is InChI=1S/C23H23NO6S/c1-14-7-8-18(31(27,28)24(2)3)12-19(14)23(26)29-13-17-11-22(25)30-21-10-16-6-4-5-15(16)9-20(17)21/h7-12H,4-6,13H2,1-3H3. The molecule has 1 heterocycles. The van der Waals surface area contributed by atoms with E-state index in [4.69, 9.17) is 9.15 Å². The lowest BCUT2D eigenvalue weighted by Crippen LogP contribution is -2.22. The first-order valence-electron chi connectivity index (χ1n) is 9.95. The zero-order valence-corrected chi connectivity index (χ0v) is 18.4. The number of benzene rings is 2. The number of ether oxygens (including phenoxy) is 1. The van der Waals surface area contributed by atoms with Crippen LogP contribution in [0.4, 0.5) is 0 Å². The number of hydrogen-bond donors (Lipinski definition) is 0. The van der Waals surface area contributed by atoms with Gasteiger partial charge < -0.3 is 9.15 Å². The van der Waals surface area contributed by atoms with Crippen molar-refractivity contribution in [2.45, 2.75) is 37.7 Å². The Morgan fingerprint density at radius 3 is 2.52 bits per heavy atom. The number of rotatable bonds is 5. The lowest BCUT2D eigenvalue weighted by atomic mass is 10.0. The van der Waals surface area contributed by atoms with Gasteiger partial charge in [-0.3, -0.25) is 0 Å². The Balaban J connectivity index is 1.64. The summed E-state index contributed by atoms with van der Waals surface area (Å²) < 4.78 is 36.7. The zero-order valence-electron chi connectivity index (χ0n) is 17.6. The largest absolute Gasteiger partial charge is 0.457 e. The average Bonchev–Trinajstić information content (AvgIpc) is 3.17. The van der Waals surface area contributed by atoms with Gasteiger partial charge in [0.1, 0.15) is 12.2 Å². The summed E-state index contributed by atoms with van der Waals surface area (Å²) in [5.74, 6) is -0.657. The molecule has 0 unspecified atom stereocenters. The Hall–Kier alpha value is -2.97. The van der Waals surface area contributed by atoms with Crippen LogP contribution >= 0.6 is 0 Å². The summed E-state index contributed by atoms with van der Waals surface area (Å²) in [7, 11) is -0.832. The van der Waals surface area contributed by atoms with Crippen molar-refractivity contribution in [1.29, 1.82) is 0 Å². The van der Waals surface area contributed by atoms with Crippen molar-refractivity contribution in [2.75, 3.05) is 14.1 Å². The molecule has 0 saturated carbocycles. The highest BCUT2D eigenvalue weighted by molar-refractivity contribution is 7.89. The SMILES string of the molecule is Cc1ccc(S(=O)(=O)N(C)C)cc1C(=O)OCc1cc(=O)oc2cc3c(cc12)CCC3. The van der Waals surface area contributed by atoms with Gasteiger partial charge in [0.25, 0.3) is 0 Å².